The van der Waals surface area contributed by atoms with Crippen LogP contribution in [-0.2, 0) is 9.09 Å². The predicted molar refractivity (Wildman–Crippen MR) is 28.0 cm³/mol. The lowest BCUT2D eigenvalue weighted by atomic mass is 10.5. The first kappa shape index (κ1) is 7.51. The van der Waals surface area contributed by atoms with Crippen LogP contribution in [0.15, 0.2) is 0 Å². The normalized spacial score (nSPS) is 10.2. The SMILES string of the molecule is N#CCCO[P+](N)=O. The van der Waals surface area contributed by atoms with Gasteiger partial charge in [-0.2, -0.15) is 5.26 Å². The Balaban J connectivity index is 2.97. The summed E-state index contributed by atoms with van der Waals surface area (Å²) in [4.78, 5) is 0. The summed E-state index contributed by atoms with van der Waals surface area (Å²) >= 11 is 0. The van der Waals surface area contributed by atoms with Crippen LogP contribution in [-0.4, -0.2) is 6.61 Å². The quantitative estimate of drug-likeness (QED) is 0.450. The molecule has 0 radical (unpaired) electrons. The summed E-state index contributed by atoms with van der Waals surface area (Å²) in [6.45, 7) is 0.155. The Hall–Kier alpha value is -0.490. The summed E-state index contributed by atoms with van der Waals surface area (Å²) in [7, 11) is -2.01. The van der Waals surface area contributed by atoms with Gasteiger partial charge in [-0.15, -0.1) is 4.52 Å². The fourth-order valence-corrected chi connectivity index (χ4v) is 0.452. The van der Waals surface area contributed by atoms with E-state index >= 15 is 0 Å². The van der Waals surface area contributed by atoms with Gasteiger partial charge in [-0.3, -0.25) is 0 Å². The molecule has 0 heterocycles. The third kappa shape index (κ3) is 5.51. The molecule has 0 bridgehead atoms. The lowest BCUT2D eigenvalue weighted by Crippen LogP contribution is -1.87. The Labute approximate surface area is 48.2 Å². The molecule has 5 heteroatoms. The van der Waals surface area contributed by atoms with Crippen LogP contribution in [0.2, 0.25) is 0 Å². The number of hydrogen-bond donors (Lipinski definition) is 1. The summed E-state index contributed by atoms with van der Waals surface area (Å²) in [5.41, 5.74) is 4.71. The fraction of sp³-hybridized carbons (Fsp3) is 0.667. The largest absolute Gasteiger partial charge is 0.610 e. The third-order valence-corrected chi connectivity index (χ3v) is 0.869. The highest BCUT2D eigenvalue weighted by atomic mass is 31.1. The lowest BCUT2D eigenvalue weighted by molar-refractivity contribution is 0.338. The first-order valence-corrected chi connectivity index (χ1v) is 3.24. The summed E-state index contributed by atoms with van der Waals surface area (Å²) in [5.74, 6) is 0. The van der Waals surface area contributed by atoms with E-state index in [1.807, 2.05) is 6.07 Å². The molecule has 0 aromatic heterocycles. The van der Waals surface area contributed by atoms with Gasteiger partial charge in [0.1, 0.15) is 6.61 Å². The van der Waals surface area contributed by atoms with Crippen molar-refractivity contribution >= 4 is 8.18 Å². The minimum Gasteiger partial charge on any atom is -0.198 e. The van der Waals surface area contributed by atoms with E-state index in [2.05, 4.69) is 4.52 Å². The molecule has 0 aromatic rings. The van der Waals surface area contributed by atoms with Gasteiger partial charge in [0.05, 0.1) is 12.5 Å². The van der Waals surface area contributed by atoms with Gasteiger partial charge in [0, 0.05) is 0 Å². The van der Waals surface area contributed by atoms with Gasteiger partial charge in [-0.1, -0.05) is 5.50 Å². The number of nitriles is 1. The fourth-order valence-electron chi connectivity index (χ4n) is 0.181. The molecule has 0 spiro atoms. The molecule has 1 atom stereocenters. The molecule has 0 fully saturated rings. The second-order valence-corrected chi connectivity index (χ2v) is 1.86. The van der Waals surface area contributed by atoms with Crippen LogP contribution in [0.4, 0.5) is 0 Å². The van der Waals surface area contributed by atoms with Crippen LogP contribution in [0.25, 0.3) is 0 Å². The van der Waals surface area contributed by atoms with Gasteiger partial charge >= 0.3 is 8.18 Å². The highest BCUT2D eigenvalue weighted by Gasteiger charge is 2.05. The molecule has 0 amide bonds. The minimum atomic E-state index is -2.01. The molecule has 1 unspecified atom stereocenters. The highest BCUT2D eigenvalue weighted by molar-refractivity contribution is 7.36. The molecule has 0 aromatic carbocycles. The van der Waals surface area contributed by atoms with Crippen molar-refractivity contribution in [3.05, 3.63) is 0 Å². The van der Waals surface area contributed by atoms with E-state index in [4.69, 9.17) is 10.8 Å². The topological polar surface area (TPSA) is 76.1 Å². The average Bonchev–Trinajstić information content (AvgIpc) is 1.66. The van der Waals surface area contributed by atoms with Crippen molar-refractivity contribution in [3.8, 4) is 6.07 Å². The Kier molecular flexibility index (Phi) is 4.38. The van der Waals surface area contributed by atoms with Gasteiger partial charge in [-0.05, 0) is 4.57 Å². The molecular formula is C3H6N2O2P+. The highest BCUT2D eigenvalue weighted by Crippen LogP contribution is 2.08. The number of hydrogen-bond acceptors (Lipinski definition) is 3. The first-order chi connectivity index (χ1) is 3.77. The average molecular weight is 133 g/mol. The zero-order valence-corrected chi connectivity index (χ0v) is 5.10. The van der Waals surface area contributed by atoms with Crippen LogP contribution in [0, 0.1) is 11.3 Å². The molecule has 44 valence electrons. The van der Waals surface area contributed by atoms with Crippen molar-refractivity contribution < 1.29 is 9.09 Å². The number of nitrogens with zero attached hydrogens (tertiary/aromatic N) is 1. The molecule has 4 nitrogen and oxygen atoms in total. The van der Waals surface area contributed by atoms with E-state index in [0.29, 0.717) is 0 Å². The molecule has 0 aliphatic rings. The minimum absolute atomic E-state index is 0.155. The van der Waals surface area contributed by atoms with Crippen molar-refractivity contribution in [3.63, 3.8) is 0 Å². The lowest BCUT2D eigenvalue weighted by Gasteiger charge is -1.76. The summed E-state index contributed by atoms with van der Waals surface area (Å²) < 4.78 is 14.3. The van der Waals surface area contributed by atoms with Gasteiger partial charge in [-0.25, -0.2) is 0 Å². The number of rotatable bonds is 3. The molecule has 0 saturated carbocycles. The Bertz CT molecular complexity index is 119. The maximum atomic E-state index is 9.91. The van der Waals surface area contributed by atoms with Gasteiger partial charge < -0.3 is 0 Å². The standard InChI is InChI=1S/C3H6N2O2P/c4-2-1-3-7-8(5)6/h1,3H2,(H2,5,6)/q+1. The van der Waals surface area contributed by atoms with E-state index < -0.39 is 8.18 Å². The zero-order valence-electron chi connectivity index (χ0n) is 4.20. The van der Waals surface area contributed by atoms with Gasteiger partial charge in [0.2, 0.25) is 0 Å². The van der Waals surface area contributed by atoms with E-state index in [1.54, 1.807) is 0 Å². The van der Waals surface area contributed by atoms with E-state index in [-0.39, 0.29) is 13.0 Å². The van der Waals surface area contributed by atoms with Gasteiger partial charge in [0.25, 0.3) is 0 Å². The molecule has 0 aliphatic carbocycles. The second-order valence-electron chi connectivity index (χ2n) is 1.03. The molecule has 0 aliphatic heterocycles. The van der Waals surface area contributed by atoms with Crippen molar-refractivity contribution in [2.45, 2.75) is 6.42 Å². The Morgan fingerprint density at radius 2 is 2.50 bits per heavy atom. The van der Waals surface area contributed by atoms with Crippen molar-refractivity contribution in [2.24, 2.45) is 5.50 Å². The molecule has 0 saturated heterocycles. The van der Waals surface area contributed by atoms with E-state index in [1.165, 1.54) is 0 Å². The number of nitrogens with two attached hydrogens (primary N) is 1. The molecule has 8 heavy (non-hydrogen) atoms. The Morgan fingerprint density at radius 3 is 2.88 bits per heavy atom. The van der Waals surface area contributed by atoms with Gasteiger partial charge in [0.15, 0.2) is 0 Å². The van der Waals surface area contributed by atoms with E-state index in [9.17, 15) is 4.57 Å². The van der Waals surface area contributed by atoms with Crippen molar-refractivity contribution in [1.29, 1.82) is 5.26 Å². The van der Waals surface area contributed by atoms with Crippen LogP contribution >= 0.6 is 8.18 Å². The molecular weight excluding hydrogens is 127 g/mol. The summed E-state index contributed by atoms with van der Waals surface area (Å²) in [6.07, 6.45) is 0.234. The maximum absolute atomic E-state index is 9.91. The Morgan fingerprint density at radius 1 is 1.88 bits per heavy atom. The van der Waals surface area contributed by atoms with Crippen LogP contribution in [0.5, 0.6) is 0 Å². The van der Waals surface area contributed by atoms with Crippen LogP contribution < -0.4 is 5.50 Å². The van der Waals surface area contributed by atoms with Crippen molar-refractivity contribution in [2.75, 3.05) is 6.61 Å². The smallest absolute Gasteiger partial charge is 0.198 e. The third-order valence-electron chi connectivity index (χ3n) is 0.432. The predicted octanol–water partition coefficient (Wildman–Crippen LogP) is 0.533. The zero-order chi connectivity index (χ0) is 6.41. The second kappa shape index (κ2) is 4.66. The first-order valence-electron chi connectivity index (χ1n) is 1.99. The van der Waals surface area contributed by atoms with Crippen molar-refractivity contribution in [1.82, 2.24) is 0 Å². The molecule has 2 N–H and O–H groups in total. The summed E-state index contributed by atoms with van der Waals surface area (Å²) in [6, 6.07) is 1.81. The molecule has 0 rings (SSSR count). The van der Waals surface area contributed by atoms with E-state index in [0.717, 1.165) is 0 Å². The maximum Gasteiger partial charge on any atom is 0.610 e. The monoisotopic (exact) mass is 133 g/mol. The summed E-state index contributed by atoms with van der Waals surface area (Å²) in [5, 5.41) is 7.91. The van der Waals surface area contributed by atoms with Crippen LogP contribution in [0.1, 0.15) is 6.42 Å². The van der Waals surface area contributed by atoms with Crippen LogP contribution in [0.3, 0.4) is 0 Å².